The van der Waals surface area contributed by atoms with E-state index in [1.807, 2.05) is 49.5 Å². The molecule has 1 N–H and O–H groups in total. The van der Waals surface area contributed by atoms with E-state index in [9.17, 15) is 0 Å². The van der Waals surface area contributed by atoms with Gasteiger partial charge in [-0.2, -0.15) is 0 Å². The number of aromatic nitrogens is 2. The molecule has 4 heteroatoms. The van der Waals surface area contributed by atoms with Crippen molar-refractivity contribution in [3.8, 4) is 5.75 Å². The Kier molecular flexibility index (Phi) is 4.17. The Hall–Kier alpha value is -2.33. The minimum atomic E-state index is 0.622. The molecule has 0 atom stereocenters. The summed E-state index contributed by atoms with van der Waals surface area (Å²) in [7, 11) is 1.94. The van der Waals surface area contributed by atoms with Crippen LogP contribution in [0.3, 0.4) is 0 Å². The van der Waals surface area contributed by atoms with E-state index in [1.165, 1.54) is 0 Å². The van der Waals surface area contributed by atoms with Crippen LogP contribution in [0.15, 0.2) is 54.7 Å². The molecular formula is C17H19N3O. The second-order valence-corrected chi connectivity index (χ2v) is 4.87. The van der Waals surface area contributed by atoms with Crippen molar-refractivity contribution in [1.29, 1.82) is 0 Å². The van der Waals surface area contributed by atoms with Gasteiger partial charge < -0.3 is 14.5 Å². The lowest BCUT2D eigenvalue weighted by molar-refractivity contribution is 0.318. The molecule has 108 valence electrons. The average Bonchev–Trinajstić information content (AvgIpc) is 2.87. The summed E-state index contributed by atoms with van der Waals surface area (Å²) in [5, 5.41) is 3.16. The fourth-order valence-electron chi connectivity index (χ4n) is 2.42. The van der Waals surface area contributed by atoms with E-state index in [0.29, 0.717) is 6.61 Å². The molecule has 3 rings (SSSR count). The monoisotopic (exact) mass is 281 g/mol. The molecule has 21 heavy (non-hydrogen) atoms. The Morgan fingerprint density at radius 1 is 1.10 bits per heavy atom. The number of fused-ring (bicyclic) bond motifs is 1. The Bertz CT molecular complexity index is 706. The number of nitrogens with zero attached hydrogens (tertiary/aromatic N) is 2. The van der Waals surface area contributed by atoms with E-state index in [4.69, 9.17) is 9.72 Å². The summed E-state index contributed by atoms with van der Waals surface area (Å²) in [4.78, 5) is 4.73. The highest BCUT2D eigenvalue weighted by Crippen LogP contribution is 2.14. The summed E-state index contributed by atoms with van der Waals surface area (Å²) in [6.07, 6.45) is 2.84. The lowest BCUT2D eigenvalue weighted by Gasteiger charge is -2.05. The van der Waals surface area contributed by atoms with Crippen LogP contribution in [-0.4, -0.2) is 23.0 Å². The van der Waals surface area contributed by atoms with Gasteiger partial charge in [-0.3, -0.25) is 0 Å². The van der Waals surface area contributed by atoms with Crippen molar-refractivity contribution < 1.29 is 4.74 Å². The molecule has 0 aliphatic rings. The molecule has 2 heterocycles. The van der Waals surface area contributed by atoms with E-state index < -0.39 is 0 Å². The Morgan fingerprint density at radius 2 is 1.90 bits per heavy atom. The quantitative estimate of drug-likeness (QED) is 0.755. The Balaban J connectivity index is 1.74. The molecule has 2 aromatic heterocycles. The van der Waals surface area contributed by atoms with E-state index >= 15 is 0 Å². The van der Waals surface area contributed by atoms with Gasteiger partial charge in [-0.25, -0.2) is 4.98 Å². The number of imidazole rings is 1. The first-order valence-corrected chi connectivity index (χ1v) is 7.16. The van der Waals surface area contributed by atoms with Crippen LogP contribution in [0.2, 0.25) is 0 Å². The van der Waals surface area contributed by atoms with Crippen LogP contribution in [-0.2, 0) is 13.0 Å². The molecule has 0 unspecified atom stereocenters. The predicted octanol–water partition coefficient (Wildman–Crippen LogP) is 2.68. The molecule has 1 aromatic carbocycles. The third kappa shape index (κ3) is 3.06. The van der Waals surface area contributed by atoms with E-state index in [2.05, 4.69) is 22.0 Å². The molecule has 0 radical (unpaired) electrons. The van der Waals surface area contributed by atoms with Gasteiger partial charge in [0.2, 0.25) is 0 Å². The minimum absolute atomic E-state index is 0.622. The number of ether oxygens (including phenoxy) is 1. The molecule has 0 aliphatic carbocycles. The SMILES string of the molecule is CNCc1nc(CCOc2ccccc2)n2ccccc12. The van der Waals surface area contributed by atoms with Crippen molar-refractivity contribution in [3.05, 3.63) is 66.2 Å². The van der Waals surface area contributed by atoms with E-state index in [1.54, 1.807) is 0 Å². The fourth-order valence-corrected chi connectivity index (χ4v) is 2.42. The third-order valence-corrected chi connectivity index (χ3v) is 3.38. The summed E-state index contributed by atoms with van der Waals surface area (Å²) in [5.41, 5.74) is 2.23. The maximum atomic E-state index is 5.76. The van der Waals surface area contributed by atoms with Gasteiger partial charge in [0.15, 0.2) is 0 Å². The topological polar surface area (TPSA) is 38.6 Å². The van der Waals surface area contributed by atoms with Gasteiger partial charge in [0.05, 0.1) is 17.8 Å². The molecule has 0 bridgehead atoms. The zero-order valence-electron chi connectivity index (χ0n) is 12.1. The van der Waals surface area contributed by atoms with Crippen LogP contribution in [0, 0.1) is 0 Å². The van der Waals surface area contributed by atoms with Crippen LogP contribution in [0.4, 0.5) is 0 Å². The van der Waals surface area contributed by atoms with Crippen molar-refractivity contribution in [2.45, 2.75) is 13.0 Å². The average molecular weight is 281 g/mol. The van der Waals surface area contributed by atoms with Gasteiger partial charge in [-0.05, 0) is 31.3 Å². The number of rotatable bonds is 6. The number of hydrogen-bond acceptors (Lipinski definition) is 3. The van der Waals surface area contributed by atoms with Crippen molar-refractivity contribution >= 4 is 5.52 Å². The molecule has 0 fully saturated rings. The van der Waals surface area contributed by atoms with Crippen molar-refractivity contribution in [3.63, 3.8) is 0 Å². The van der Waals surface area contributed by atoms with Gasteiger partial charge in [-0.1, -0.05) is 24.3 Å². The molecule has 4 nitrogen and oxygen atoms in total. The summed E-state index contributed by atoms with van der Waals surface area (Å²) >= 11 is 0. The molecule has 0 aliphatic heterocycles. The van der Waals surface area contributed by atoms with Crippen molar-refractivity contribution in [1.82, 2.24) is 14.7 Å². The number of nitrogens with one attached hydrogen (secondary N) is 1. The predicted molar refractivity (Wildman–Crippen MR) is 83.6 cm³/mol. The van der Waals surface area contributed by atoms with Crippen LogP contribution < -0.4 is 10.1 Å². The van der Waals surface area contributed by atoms with Crippen LogP contribution in [0.5, 0.6) is 5.75 Å². The summed E-state index contributed by atoms with van der Waals surface area (Å²) in [6, 6.07) is 16.0. The first kappa shape index (κ1) is 13.6. The van der Waals surface area contributed by atoms with Gasteiger partial charge in [0.25, 0.3) is 0 Å². The molecule has 3 aromatic rings. The molecule has 0 amide bonds. The maximum Gasteiger partial charge on any atom is 0.119 e. The molecule has 0 saturated carbocycles. The Labute approximate surface area is 124 Å². The normalized spacial score (nSPS) is 10.9. The van der Waals surface area contributed by atoms with Crippen LogP contribution in [0.25, 0.3) is 5.52 Å². The van der Waals surface area contributed by atoms with Crippen LogP contribution >= 0.6 is 0 Å². The fraction of sp³-hybridized carbons (Fsp3) is 0.235. The lowest BCUT2D eigenvalue weighted by atomic mass is 10.3. The molecule has 0 saturated heterocycles. The third-order valence-electron chi connectivity index (χ3n) is 3.38. The van der Waals surface area contributed by atoms with Gasteiger partial charge in [0, 0.05) is 19.2 Å². The summed E-state index contributed by atoms with van der Waals surface area (Å²) in [6.45, 7) is 1.39. The zero-order valence-corrected chi connectivity index (χ0v) is 12.1. The highest BCUT2D eigenvalue weighted by Gasteiger charge is 2.09. The first-order valence-electron chi connectivity index (χ1n) is 7.16. The van der Waals surface area contributed by atoms with E-state index in [-0.39, 0.29) is 0 Å². The van der Waals surface area contributed by atoms with Crippen molar-refractivity contribution in [2.75, 3.05) is 13.7 Å². The highest BCUT2D eigenvalue weighted by molar-refractivity contribution is 5.53. The zero-order chi connectivity index (χ0) is 14.5. The maximum absolute atomic E-state index is 5.76. The molecular weight excluding hydrogens is 262 g/mol. The standard InChI is InChI=1S/C17H19N3O/c1-18-13-15-16-9-5-6-11-20(16)17(19-15)10-12-21-14-7-3-2-4-8-14/h2-9,11,18H,10,12-13H2,1H3. The minimum Gasteiger partial charge on any atom is -0.493 e. The smallest absolute Gasteiger partial charge is 0.119 e. The first-order chi connectivity index (χ1) is 10.4. The van der Waals surface area contributed by atoms with Gasteiger partial charge in [-0.15, -0.1) is 0 Å². The van der Waals surface area contributed by atoms with Gasteiger partial charge >= 0.3 is 0 Å². The number of benzene rings is 1. The van der Waals surface area contributed by atoms with Crippen LogP contribution in [0.1, 0.15) is 11.5 Å². The summed E-state index contributed by atoms with van der Waals surface area (Å²) in [5.74, 6) is 1.93. The largest absolute Gasteiger partial charge is 0.493 e. The second-order valence-electron chi connectivity index (χ2n) is 4.87. The molecule has 0 spiro atoms. The Morgan fingerprint density at radius 3 is 2.71 bits per heavy atom. The number of hydrogen-bond donors (Lipinski definition) is 1. The van der Waals surface area contributed by atoms with Gasteiger partial charge in [0.1, 0.15) is 11.6 Å². The second kappa shape index (κ2) is 6.41. The van der Waals surface area contributed by atoms with E-state index in [0.717, 1.165) is 35.8 Å². The highest BCUT2D eigenvalue weighted by atomic mass is 16.5. The number of para-hydroxylation sites is 1. The number of pyridine rings is 1. The van der Waals surface area contributed by atoms with Crippen molar-refractivity contribution in [2.24, 2.45) is 0 Å². The summed E-state index contributed by atoms with van der Waals surface area (Å²) < 4.78 is 7.90. The lowest BCUT2D eigenvalue weighted by Crippen LogP contribution is -2.06.